The highest BCUT2D eigenvalue weighted by atomic mass is 16.7. The van der Waals surface area contributed by atoms with E-state index in [-0.39, 0.29) is 30.4 Å². The summed E-state index contributed by atoms with van der Waals surface area (Å²) in [6.45, 7) is 0.0172. The van der Waals surface area contributed by atoms with Crippen LogP contribution >= 0.6 is 0 Å². The van der Waals surface area contributed by atoms with Crippen molar-refractivity contribution in [2.45, 2.75) is 12.8 Å². The van der Waals surface area contributed by atoms with Crippen LogP contribution in [-0.2, 0) is 11.2 Å². The van der Waals surface area contributed by atoms with Crippen molar-refractivity contribution >= 4 is 17.8 Å². The Morgan fingerprint density at radius 3 is 2.68 bits per heavy atom. The summed E-state index contributed by atoms with van der Waals surface area (Å²) in [5.41, 5.74) is 3.47. The molecule has 0 radical (unpaired) electrons. The number of carbonyl (C=O) groups excluding carboxylic acids is 1. The Labute approximate surface area is 143 Å². The number of aryl methyl sites for hydroxylation is 1. The molecule has 0 saturated carbocycles. The first-order valence-corrected chi connectivity index (χ1v) is 7.57. The molecule has 8 heteroatoms. The van der Waals surface area contributed by atoms with E-state index in [2.05, 4.69) is 10.5 Å². The lowest BCUT2D eigenvalue weighted by molar-refractivity contribution is -0.385. The molecule has 1 aliphatic heterocycles. The molecule has 0 fully saturated rings. The number of hydrogen-bond acceptors (Lipinski definition) is 6. The van der Waals surface area contributed by atoms with Gasteiger partial charge in [-0.3, -0.25) is 14.9 Å². The van der Waals surface area contributed by atoms with Gasteiger partial charge in [0.25, 0.3) is 5.69 Å². The number of fused-ring (bicyclic) bond motifs is 1. The van der Waals surface area contributed by atoms with Crippen molar-refractivity contribution in [2.24, 2.45) is 5.10 Å². The van der Waals surface area contributed by atoms with Crippen LogP contribution in [0.2, 0.25) is 0 Å². The largest absolute Gasteiger partial charge is 0.454 e. The van der Waals surface area contributed by atoms with Crippen molar-refractivity contribution in [3.8, 4) is 11.5 Å². The number of nitro groups is 1. The van der Waals surface area contributed by atoms with E-state index in [1.807, 2.05) is 30.3 Å². The number of ether oxygens (including phenoxy) is 2. The van der Waals surface area contributed by atoms with E-state index >= 15 is 0 Å². The monoisotopic (exact) mass is 341 g/mol. The molecule has 1 amide bonds. The number of rotatable bonds is 6. The van der Waals surface area contributed by atoms with Crippen LogP contribution in [0.3, 0.4) is 0 Å². The van der Waals surface area contributed by atoms with Crippen molar-refractivity contribution in [1.29, 1.82) is 0 Å². The van der Waals surface area contributed by atoms with Crippen molar-refractivity contribution in [2.75, 3.05) is 6.79 Å². The fraction of sp³-hybridized carbons (Fsp3) is 0.176. The van der Waals surface area contributed by atoms with Crippen LogP contribution in [0.25, 0.3) is 0 Å². The molecule has 128 valence electrons. The number of nitro benzene ring substituents is 1. The summed E-state index contributed by atoms with van der Waals surface area (Å²) in [6, 6.07) is 12.3. The van der Waals surface area contributed by atoms with Gasteiger partial charge in [-0.2, -0.15) is 5.10 Å². The van der Waals surface area contributed by atoms with Crippen LogP contribution in [0.15, 0.2) is 47.6 Å². The maximum Gasteiger partial charge on any atom is 0.282 e. The fourth-order valence-electron chi connectivity index (χ4n) is 2.34. The lowest BCUT2D eigenvalue weighted by Crippen LogP contribution is -2.18. The third kappa shape index (κ3) is 4.11. The fourth-order valence-corrected chi connectivity index (χ4v) is 2.34. The van der Waals surface area contributed by atoms with Gasteiger partial charge >= 0.3 is 0 Å². The summed E-state index contributed by atoms with van der Waals surface area (Å²) < 4.78 is 10.3. The van der Waals surface area contributed by atoms with Crippen LogP contribution in [-0.4, -0.2) is 23.8 Å². The number of carbonyl (C=O) groups is 1. The number of benzene rings is 2. The van der Waals surface area contributed by atoms with Gasteiger partial charge in [-0.15, -0.1) is 0 Å². The Balaban J connectivity index is 1.62. The second kappa shape index (κ2) is 7.43. The average molecular weight is 341 g/mol. The average Bonchev–Trinajstić information content (AvgIpc) is 3.07. The van der Waals surface area contributed by atoms with E-state index in [0.29, 0.717) is 17.9 Å². The topological polar surface area (TPSA) is 103 Å². The first kappa shape index (κ1) is 16.4. The second-order valence-corrected chi connectivity index (χ2v) is 5.30. The van der Waals surface area contributed by atoms with Crippen LogP contribution < -0.4 is 14.9 Å². The molecule has 3 rings (SSSR count). The van der Waals surface area contributed by atoms with E-state index in [1.54, 1.807) is 0 Å². The maximum atomic E-state index is 11.8. The van der Waals surface area contributed by atoms with Gasteiger partial charge in [0.15, 0.2) is 11.5 Å². The minimum absolute atomic E-state index is 0.0172. The lowest BCUT2D eigenvalue weighted by Gasteiger charge is -2.02. The third-order valence-corrected chi connectivity index (χ3v) is 3.60. The Morgan fingerprint density at radius 1 is 1.24 bits per heavy atom. The predicted molar refractivity (Wildman–Crippen MR) is 89.7 cm³/mol. The molecule has 1 aliphatic rings. The molecule has 1 N–H and O–H groups in total. The zero-order valence-corrected chi connectivity index (χ0v) is 13.2. The normalized spacial score (nSPS) is 12.3. The number of nitrogens with one attached hydrogen (secondary N) is 1. The molecule has 1 heterocycles. The van der Waals surface area contributed by atoms with Crippen LogP contribution in [0, 0.1) is 10.1 Å². The van der Waals surface area contributed by atoms with Gasteiger partial charge in [-0.25, -0.2) is 5.43 Å². The van der Waals surface area contributed by atoms with E-state index in [4.69, 9.17) is 9.47 Å². The van der Waals surface area contributed by atoms with Crippen LogP contribution in [0.4, 0.5) is 5.69 Å². The molecule has 0 unspecified atom stereocenters. The summed E-state index contributed by atoms with van der Waals surface area (Å²) in [4.78, 5) is 22.4. The van der Waals surface area contributed by atoms with Crippen molar-refractivity contribution < 1.29 is 19.2 Å². The molecule has 8 nitrogen and oxygen atoms in total. The molecular formula is C17H15N3O5. The van der Waals surface area contributed by atoms with Gasteiger partial charge in [-0.1, -0.05) is 30.3 Å². The quantitative estimate of drug-likeness (QED) is 0.494. The van der Waals surface area contributed by atoms with E-state index in [9.17, 15) is 14.9 Å². The standard InChI is InChI=1S/C17H15N3O5/c21-17(7-6-12-4-2-1-3-5-12)19-18-10-13-8-15-16(25-11-24-15)9-14(13)20(22)23/h1-5,8-10H,6-7,11H2,(H,19,21). The minimum Gasteiger partial charge on any atom is -0.454 e. The Hall–Kier alpha value is -3.42. The van der Waals surface area contributed by atoms with Crippen LogP contribution in [0.1, 0.15) is 17.5 Å². The van der Waals surface area contributed by atoms with Gasteiger partial charge in [0.05, 0.1) is 22.8 Å². The van der Waals surface area contributed by atoms with Gasteiger partial charge in [0.1, 0.15) is 0 Å². The first-order valence-electron chi connectivity index (χ1n) is 7.57. The molecule has 0 spiro atoms. The van der Waals surface area contributed by atoms with Crippen molar-refractivity contribution in [3.63, 3.8) is 0 Å². The smallest absolute Gasteiger partial charge is 0.282 e. The highest BCUT2D eigenvalue weighted by Crippen LogP contribution is 2.37. The molecule has 0 aliphatic carbocycles. The van der Waals surface area contributed by atoms with E-state index in [0.717, 1.165) is 5.56 Å². The molecule has 0 bridgehead atoms. The lowest BCUT2D eigenvalue weighted by atomic mass is 10.1. The Morgan fingerprint density at radius 2 is 1.96 bits per heavy atom. The summed E-state index contributed by atoms with van der Waals surface area (Å²) in [5.74, 6) is 0.446. The van der Waals surface area contributed by atoms with Gasteiger partial charge < -0.3 is 9.47 Å². The van der Waals surface area contributed by atoms with E-state index < -0.39 is 4.92 Å². The molecule has 2 aromatic carbocycles. The van der Waals surface area contributed by atoms with Crippen molar-refractivity contribution in [1.82, 2.24) is 5.43 Å². The van der Waals surface area contributed by atoms with E-state index in [1.165, 1.54) is 18.3 Å². The SMILES string of the molecule is O=C(CCc1ccccc1)NN=Cc1cc2c(cc1[N+](=O)[O-])OCO2. The number of amides is 1. The molecule has 0 aromatic heterocycles. The number of hydrogen-bond donors (Lipinski definition) is 1. The molecule has 25 heavy (non-hydrogen) atoms. The Kier molecular flexibility index (Phi) is 4.89. The first-order chi connectivity index (χ1) is 12.1. The molecular weight excluding hydrogens is 326 g/mol. The molecule has 0 atom stereocenters. The predicted octanol–water partition coefficient (Wildman–Crippen LogP) is 2.41. The summed E-state index contributed by atoms with van der Waals surface area (Å²) in [5, 5.41) is 14.9. The van der Waals surface area contributed by atoms with Gasteiger partial charge in [0.2, 0.25) is 12.7 Å². The summed E-state index contributed by atoms with van der Waals surface area (Å²) >= 11 is 0. The molecule has 2 aromatic rings. The third-order valence-electron chi connectivity index (χ3n) is 3.60. The van der Waals surface area contributed by atoms with Crippen LogP contribution in [0.5, 0.6) is 11.5 Å². The highest BCUT2D eigenvalue weighted by molar-refractivity contribution is 5.88. The highest BCUT2D eigenvalue weighted by Gasteiger charge is 2.22. The molecule has 0 saturated heterocycles. The zero-order valence-electron chi connectivity index (χ0n) is 13.2. The number of hydrazone groups is 1. The minimum atomic E-state index is -0.541. The summed E-state index contributed by atoms with van der Waals surface area (Å²) in [7, 11) is 0. The summed E-state index contributed by atoms with van der Waals surface area (Å²) in [6.07, 6.45) is 2.08. The van der Waals surface area contributed by atoms with Crippen molar-refractivity contribution in [3.05, 3.63) is 63.7 Å². The second-order valence-electron chi connectivity index (χ2n) is 5.30. The van der Waals surface area contributed by atoms with Gasteiger partial charge in [-0.05, 0) is 18.1 Å². The maximum absolute atomic E-state index is 11.8. The van der Waals surface area contributed by atoms with Gasteiger partial charge in [0, 0.05) is 6.42 Å². The number of nitrogens with zero attached hydrogens (tertiary/aromatic N) is 2. The zero-order chi connectivity index (χ0) is 17.6. The Bertz CT molecular complexity index is 821.